The van der Waals surface area contributed by atoms with Crippen molar-refractivity contribution in [1.82, 2.24) is 9.97 Å². The number of alkyl halides is 3. The van der Waals surface area contributed by atoms with Gasteiger partial charge in [0, 0.05) is 18.4 Å². The van der Waals surface area contributed by atoms with E-state index in [9.17, 15) is 13.2 Å². The Bertz CT molecular complexity index is 424. The average Bonchev–Trinajstić information content (AvgIpc) is 2.77. The molecule has 3 nitrogen and oxygen atoms in total. The van der Waals surface area contributed by atoms with E-state index in [-0.39, 0.29) is 16.4 Å². The second-order valence-corrected chi connectivity index (χ2v) is 5.18. The lowest BCUT2D eigenvalue weighted by Gasteiger charge is -2.10. The van der Waals surface area contributed by atoms with Crippen molar-refractivity contribution in [2.75, 3.05) is 12.4 Å². The van der Waals surface area contributed by atoms with Gasteiger partial charge in [0.15, 0.2) is 5.69 Å². The third-order valence-electron chi connectivity index (χ3n) is 2.41. The summed E-state index contributed by atoms with van der Waals surface area (Å²) in [6.45, 7) is 0.712. The third kappa shape index (κ3) is 3.73. The monoisotopic (exact) mass is 298 g/mol. The van der Waals surface area contributed by atoms with Crippen molar-refractivity contribution in [2.24, 2.45) is 0 Å². The standard InChI is InChI=1S/C10H10ClF3N2OS/c11-9-15-7(10(12,13)14)4-8(16-9)18-5-6-2-1-3-17-6/h4,6H,1-3,5H2. The number of nitrogens with zero attached hydrogens (tertiary/aromatic N) is 2. The summed E-state index contributed by atoms with van der Waals surface area (Å²) in [6.07, 6.45) is -2.51. The predicted octanol–water partition coefficient (Wildman–Crippen LogP) is 3.42. The zero-order valence-corrected chi connectivity index (χ0v) is 10.8. The average molecular weight is 299 g/mol. The smallest absolute Gasteiger partial charge is 0.377 e. The van der Waals surface area contributed by atoms with Gasteiger partial charge in [-0.3, -0.25) is 0 Å². The summed E-state index contributed by atoms with van der Waals surface area (Å²) in [5, 5.41) is -0.169. The minimum atomic E-state index is -4.51. The van der Waals surface area contributed by atoms with Crippen molar-refractivity contribution in [3.63, 3.8) is 0 Å². The summed E-state index contributed by atoms with van der Waals surface area (Å²) >= 11 is 6.69. The first-order valence-electron chi connectivity index (χ1n) is 5.31. The molecular weight excluding hydrogens is 289 g/mol. The van der Waals surface area contributed by atoms with Gasteiger partial charge in [-0.1, -0.05) is 0 Å². The van der Waals surface area contributed by atoms with Gasteiger partial charge in [-0.2, -0.15) is 13.2 Å². The molecule has 1 saturated heterocycles. The number of thioether (sulfide) groups is 1. The minimum Gasteiger partial charge on any atom is -0.377 e. The highest BCUT2D eigenvalue weighted by Gasteiger charge is 2.33. The molecule has 1 aliphatic rings. The molecule has 1 atom stereocenters. The second kappa shape index (κ2) is 5.63. The Morgan fingerprint density at radius 2 is 2.22 bits per heavy atom. The number of hydrogen-bond acceptors (Lipinski definition) is 4. The van der Waals surface area contributed by atoms with Crippen LogP contribution in [0.4, 0.5) is 13.2 Å². The number of ether oxygens (including phenoxy) is 1. The molecule has 1 aromatic rings. The van der Waals surface area contributed by atoms with E-state index in [1.807, 2.05) is 0 Å². The van der Waals surface area contributed by atoms with Gasteiger partial charge in [-0.25, -0.2) is 9.97 Å². The largest absolute Gasteiger partial charge is 0.433 e. The zero-order valence-electron chi connectivity index (χ0n) is 9.21. The molecule has 2 heterocycles. The van der Waals surface area contributed by atoms with Crippen LogP contribution in [0.2, 0.25) is 5.28 Å². The van der Waals surface area contributed by atoms with Gasteiger partial charge < -0.3 is 4.74 Å². The predicted molar refractivity (Wildman–Crippen MR) is 61.7 cm³/mol. The van der Waals surface area contributed by atoms with Crippen LogP contribution in [0.3, 0.4) is 0 Å². The summed E-state index contributed by atoms with van der Waals surface area (Å²) in [7, 11) is 0. The van der Waals surface area contributed by atoms with E-state index >= 15 is 0 Å². The highest BCUT2D eigenvalue weighted by Crippen LogP contribution is 2.31. The van der Waals surface area contributed by atoms with Crippen LogP contribution < -0.4 is 0 Å². The van der Waals surface area contributed by atoms with Gasteiger partial charge >= 0.3 is 6.18 Å². The van der Waals surface area contributed by atoms with Gasteiger partial charge in [0.05, 0.1) is 6.10 Å². The molecule has 0 amide bonds. The molecule has 1 fully saturated rings. The quantitative estimate of drug-likeness (QED) is 0.486. The van der Waals surface area contributed by atoms with Crippen LogP contribution in [-0.4, -0.2) is 28.4 Å². The minimum absolute atomic E-state index is 0.0816. The van der Waals surface area contributed by atoms with Crippen molar-refractivity contribution in [2.45, 2.75) is 30.1 Å². The molecule has 1 aliphatic heterocycles. The van der Waals surface area contributed by atoms with E-state index < -0.39 is 11.9 Å². The number of aromatic nitrogens is 2. The van der Waals surface area contributed by atoms with Crippen molar-refractivity contribution in [1.29, 1.82) is 0 Å². The van der Waals surface area contributed by atoms with E-state index in [1.165, 1.54) is 11.8 Å². The van der Waals surface area contributed by atoms with E-state index in [0.29, 0.717) is 12.4 Å². The molecule has 0 aromatic carbocycles. The van der Waals surface area contributed by atoms with Crippen LogP contribution >= 0.6 is 23.4 Å². The lowest BCUT2D eigenvalue weighted by molar-refractivity contribution is -0.141. The molecule has 0 spiro atoms. The van der Waals surface area contributed by atoms with Crippen LogP contribution in [0.5, 0.6) is 0 Å². The summed E-state index contributed by atoms with van der Waals surface area (Å²) in [5.41, 5.74) is -1.02. The van der Waals surface area contributed by atoms with E-state index in [2.05, 4.69) is 9.97 Å². The molecule has 18 heavy (non-hydrogen) atoms. The van der Waals surface area contributed by atoms with E-state index in [0.717, 1.165) is 18.9 Å². The Kier molecular flexibility index (Phi) is 4.34. The molecule has 100 valence electrons. The van der Waals surface area contributed by atoms with Crippen LogP contribution in [-0.2, 0) is 10.9 Å². The SMILES string of the molecule is FC(F)(F)c1cc(SCC2CCCO2)nc(Cl)n1. The fraction of sp³-hybridized carbons (Fsp3) is 0.600. The van der Waals surface area contributed by atoms with Gasteiger partial charge in [-0.15, -0.1) is 11.8 Å². The van der Waals surface area contributed by atoms with Gasteiger partial charge in [0.2, 0.25) is 5.28 Å². The van der Waals surface area contributed by atoms with Crippen molar-refractivity contribution < 1.29 is 17.9 Å². The fourth-order valence-corrected chi connectivity index (χ4v) is 2.77. The number of rotatable bonds is 3. The van der Waals surface area contributed by atoms with Crippen molar-refractivity contribution in [3.8, 4) is 0 Å². The van der Waals surface area contributed by atoms with E-state index in [1.54, 1.807) is 0 Å². The Hall–Kier alpha value is -0.530. The van der Waals surface area contributed by atoms with Crippen LogP contribution in [0.15, 0.2) is 11.1 Å². The van der Waals surface area contributed by atoms with Crippen LogP contribution in [0.1, 0.15) is 18.5 Å². The molecule has 2 rings (SSSR count). The first kappa shape index (κ1) is 13.9. The number of hydrogen-bond donors (Lipinski definition) is 0. The first-order valence-corrected chi connectivity index (χ1v) is 6.67. The highest BCUT2D eigenvalue weighted by atomic mass is 35.5. The Morgan fingerprint density at radius 1 is 1.44 bits per heavy atom. The molecule has 1 aromatic heterocycles. The highest BCUT2D eigenvalue weighted by molar-refractivity contribution is 7.99. The summed E-state index contributed by atoms with van der Waals surface area (Å²) < 4.78 is 42.9. The van der Waals surface area contributed by atoms with Crippen LogP contribution in [0.25, 0.3) is 0 Å². The third-order valence-corrected chi connectivity index (χ3v) is 3.62. The van der Waals surface area contributed by atoms with Gasteiger partial charge in [-0.05, 0) is 24.4 Å². The topological polar surface area (TPSA) is 35.0 Å². The van der Waals surface area contributed by atoms with Gasteiger partial charge in [0.1, 0.15) is 5.03 Å². The van der Waals surface area contributed by atoms with Crippen LogP contribution in [0, 0.1) is 0 Å². The maximum absolute atomic E-state index is 12.5. The lowest BCUT2D eigenvalue weighted by atomic mass is 10.3. The molecule has 0 radical (unpaired) electrons. The molecule has 0 bridgehead atoms. The summed E-state index contributed by atoms with van der Waals surface area (Å²) in [5.74, 6) is 0.574. The Labute approximate surface area is 111 Å². The molecular formula is C10H10ClF3N2OS. The van der Waals surface area contributed by atoms with Crippen molar-refractivity contribution >= 4 is 23.4 Å². The molecule has 0 aliphatic carbocycles. The van der Waals surface area contributed by atoms with Gasteiger partial charge in [0.25, 0.3) is 0 Å². The Balaban J connectivity index is 2.05. The normalized spacial score (nSPS) is 20.3. The summed E-state index contributed by atoms with van der Waals surface area (Å²) in [4.78, 5) is 6.94. The molecule has 0 saturated carbocycles. The molecule has 8 heteroatoms. The molecule has 1 unspecified atom stereocenters. The lowest BCUT2D eigenvalue weighted by Crippen LogP contribution is -2.11. The maximum Gasteiger partial charge on any atom is 0.433 e. The zero-order chi connectivity index (χ0) is 13.2. The summed E-state index contributed by atoms with van der Waals surface area (Å²) in [6, 6.07) is 0.908. The second-order valence-electron chi connectivity index (χ2n) is 3.80. The fourth-order valence-electron chi connectivity index (χ4n) is 1.57. The van der Waals surface area contributed by atoms with Crippen molar-refractivity contribution in [3.05, 3.63) is 17.0 Å². The molecule has 0 N–H and O–H groups in total. The maximum atomic E-state index is 12.5. The van der Waals surface area contributed by atoms with E-state index in [4.69, 9.17) is 16.3 Å². The number of halogens is 4. The Morgan fingerprint density at radius 3 is 2.83 bits per heavy atom. The first-order chi connectivity index (χ1) is 8.45.